The van der Waals surface area contributed by atoms with E-state index in [-0.39, 0.29) is 0 Å². The molecule has 3 nitrogen and oxygen atoms in total. The Labute approximate surface area is 98.9 Å². The van der Waals surface area contributed by atoms with Gasteiger partial charge in [0.25, 0.3) is 0 Å². The summed E-state index contributed by atoms with van der Waals surface area (Å²) >= 11 is 1.66. The Balaban J connectivity index is 1.94. The van der Waals surface area contributed by atoms with Crippen LogP contribution in [0.1, 0.15) is 19.3 Å². The Bertz CT molecular complexity index is 498. The molecule has 0 aromatic carbocycles. The zero-order valence-electron chi connectivity index (χ0n) is 8.94. The Hall–Kier alpha value is -1.60. The molecule has 0 aliphatic carbocycles. The molecule has 16 heavy (non-hydrogen) atoms. The highest BCUT2D eigenvalue weighted by Gasteiger charge is 2.03. The van der Waals surface area contributed by atoms with Gasteiger partial charge in [0, 0.05) is 13.0 Å². The Morgan fingerprint density at radius 2 is 2.31 bits per heavy atom. The van der Waals surface area contributed by atoms with E-state index in [0.29, 0.717) is 0 Å². The second-order valence-electron chi connectivity index (χ2n) is 3.45. The van der Waals surface area contributed by atoms with Crippen molar-refractivity contribution in [2.24, 2.45) is 0 Å². The molecule has 0 aliphatic heterocycles. The van der Waals surface area contributed by atoms with E-state index in [1.807, 2.05) is 11.4 Å². The lowest BCUT2D eigenvalue weighted by atomic mass is 10.2. The van der Waals surface area contributed by atoms with Crippen LogP contribution in [0.2, 0.25) is 0 Å². The van der Waals surface area contributed by atoms with Crippen molar-refractivity contribution in [1.82, 2.24) is 9.97 Å². The second-order valence-corrected chi connectivity index (χ2v) is 4.36. The third kappa shape index (κ3) is 2.50. The van der Waals surface area contributed by atoms with E-state index in [1.165, 1.54) is 0 Å². The standard InChI is InChI=1S/C12H13N3S/c1-2-3-4-5-7-13-12-11-10(6-8-16-11)14-9-15-12/h1,6,8-9H,3-5,7H2,(H,13,14,15). The highest BCUT2D eigenvalue weighted by molar-refractivity contribution is 7.17. The smallest absolute Gasteiger partial charge is 0.147 e. The van der Waals surface area contributed by atoms with E-state index < -0.39 is 0 Å². The summed E-state index contributed by atoms with van der Waals surface area (Å²) in [5.41, 5.74) is 1.01. The minimum absolute atomic E-state index is 0.847. The van der Waals surface area contributed by atoms with E-state index in [9.17, 15) is 0 Å². The van der Waals surface area contributed by atoms with Gasteiger partial charge in [0.15, 0.2) is 0 Å². The molecule has 2 aromatic heterocycles. The van der Waals surface area contributed by atoms with Crippen LogP contribution in [-0.4, -0.2) is 16.5 Å². The third-order valence-corrected chi connectivity index (χ3v) is 3.19. The van der Waals surface area contributed by atoms with Gasteiger partial charge in [-0.2, -0.15) is 0 Å². The van der Waals surface area contributed by atoms with Crippen LogP contribution in [0.5, 0.6) is 0 Å². The quantitative estimate of drug-likeness (QED) is 0.635. The number of aromatic nitrogens is 2. The molecule has 0 unspecified atom stereocenters. The van der Waals surface area contributed by atoms with Crippen molar-refractivity contribution in [3.05, 3.63) is 17.8 Å². The number of anilines is 1. The molecule has 0 radical (unpaired) electrons. The van der Waals surface area contributed by atoms with Crippen molar-refractivity contribution >= 4 is 27.4 Å². The molecule has 2 rings (SSSR count). The van der Waals surface area contributed by atoms with Crippen molar-refractivity contribution < 1.29 is 0 Å². The summed E-state index contributed by atoms with van der Waals surface area (Å²) in [5.74, 6) is 3.57. The molecule has 0 saturated carbocycles. The van der Waals surface area contributed by atoms with Gasteiger partial charge in [-0.25, -0.2) is 9.97 Å². The van der Waals surface area contributed by atoms with Crippen LogP contribution in [-0.2, 0) is 0 Å². The van der Waals surface area contributed by atoms with Crippen molar-refractivity contribution in [2.45, 2.75) is 19.3 Å². The Morgan fingerprint density at radius 1 is 1.38 bits per heavy atom. The van der Waals surface area contributed by atoms with Gasteiger partial charge in [-0.1, -0.05) is 0 Å². The first-order valence-corrected chi connectivity index (χ1v) is 6.15. The average molecular weight is 231 g/mol. The number of unbranched alkanes of at least 4 members (excludes halogenated alkanes) is 2. The molecule has 82 valence electrons. The summed E-state index contributed by atoms with van der Waals surface area (Å²) < 4.78 is 1.12. The van der Waals surface area contributed by atoms with Crippen molar-refractivity contribution in [3.63, 3.8) is 0 Å². The van der Waals surface area contributed by atoms with Gasteiger partial charge in [-0.3, -0.25) is 0 Å². The lowest BCUT2D eigenvalue weighted by Gasteiger charge is -2.04. The minimum Gasteiger partial charge on any atom is -0.369 e. The van der Waals surface area contributed by atoms with Crippen LogP contribution in [0.25, 0.3) is 10.2 Å². The van der Waals surface area contributed by atoms with Gasteiger partial charge in [-0.15, -0.1) is 23.7 Å². The Kier molecular flexibility index (Phi) is 3.73. The number of terminal acetylenes is 1. The van der Waals surface area contributed by atoms with Gasteiger partial charge < -0.3 is 5.32 Å². The molecule has 0 fully saturated rings. The molecular formula is C12H13N3S. The molecule has 0 aliphatic rings. The highest BCUT2D eigenvalue weighted by Crippen LogP contribution is 2.24. The van der Waals surface area contributed by atoms with Crippen LogP contribution in [0.4, 0.5) is 5.82 Å². The predicted molar refractivity (Wildman–Crippen MR) is 68.6 cm³/mol. The number of fused-ring (bicyclic) bond motifs is 1. The fraction of sp³-hybridized carbons (Fsp3) is 0.333. The summed E-state index contributed by atoms with van der Waals surface area (Å²) in [6, 6.07) is 2.01. The first-order valence-electron chi connectivity index (χ1n) is 5.27. The second kappa shape index (κ2) is 5.47. The normalized spacial score (nSPS) is 10.2. The number of thiophene rings is 1. The highest BCUT2D eigenvalue weighted by atomic mass is 32.1. The molecule has 0 saturated heterocycles. The summed E-state index contributed by atoms with van der Waals surface area (Å²) in [5, 5.41) is 5.35. The van der Waals surface area contributed by atoms with Gasteiger partial charge in [0.2, 0.25) is 0 Å². The largest absolute Gasteiger partial charge is 0.369 e. The lowest BCUT2D eigenvalue weighted by molar-refractivity contribution is 0.788. The van der Waals surface area contributed by atoms with Gasteiger partial charge in [0.05, 0.1) is 10.2 Å². The molecule has 0 spiro atoms. The van der Waals surface area contributed by atoms with E-state index >= 15 is 0 Å². The summed E-state index contributed by atoms with van der Waals surface area (Å²) in [4.78, 5) is 8.44. The van der Waals surface area contributed by atoms with Crippen LogP contribution in [0.3, 0.4) is 0 Å². The fourth-order valence-corrected chi connectivity index (χ4v) is 2.28. The summed E-state index contributed by atoms with van der Waals surface area (Å²) in [7, 11) is 0. The fourth-order valence-electron chi connectivity index (χ4n) is 1.47. The first kappa shape index (κ1) is 10.9. The van der Waals surface area contributed by atoms with Crippen LogP contribution >= 0.6 is 11.3 Å². The van der Waals surface area contributed by atoms with E-state index in [1.54, 1.807) is 17.7 Å². The monoisotopic (exact) mass is 231 g/mol. The molecular weight excluding hydrogens is 218 g/mol. The van der Waals surface area contributed by atoms with Crippen LogP contribution < -0.4 is 5.32 Å². The topological polar surface area (TPSA) is 37.8 Å². The summed E-state index contributed by atoms with van der Waals surface area (Å²) in [6.07, 6.45) is 9.76. The number of nitrogens with zero attached hydrogens (tertiary/aromatic N) is 2. The maximum atomic E-state index is 5.19. The molecule has 2 heterocycles. The van der Waals surface area contributed by atoms with Crippen LogP contribution in [0, 0.1) is 12.3 Å². The number of hydrogen-bond acceptors (Lipinski definition) is 4. The van der Waals surface area contributed by atoms with Gasteiger partial charge >= 0.3 is 0 Å². The Morgan fingerprint density at radius 3 is 3.19 bits per heavy atom. The molecule has 0 amide bonds. The van der Waals surface area contributed by atoms with Crippen molar-refractivity contribution in [3.8, 4) is 12.3 Å². The van der Waals surface area contributed by atoms with E-state index in [2.05, 4.69) is 21.2 Å². The third-order valence-electron chi connectivity index (χ3n) is 2.28. The maximum Gasteiger partial charge on any atom is 0.147 e. The SMILES string of the molecule is C#CCCCCNc1ncnc2ccsc12. The predicted octanol–water partition coefficient (Wildman–Crippen LogP) is 2.91. The molecule has 2 aromatic rings. The number of rotatable bonds is 5. The van der Waals surface area contributed by atoms with E-state index in [4.69, 9.17) is 6.42 Å². The molecule has 1 N–H and O–H groups in total. The van der Waals surface area contributed by atoms with E-state index in [0.717, 1.165) is 41.8 Å². The average Bonchev–Trinajstić information content (AvgIpc) is 2.77. The van der Waals surface area contributed by atoms with Crippen molar-refractivity contribution in [1.29, 1.82) is 0 Å². The summed E-state index contributed by atoms with van der Waals surface area (Å²) in [6.45, 7) is 0.908. The maximum absolute atomic E-state index is 5.19. The number of hydrogen-bond donors (Lipinski definition) is 1. The first-order chi connectivity index (χ1) is 7.92. The molecule has 0 bridgehead atoms. The zero-order valence-corrected chi connectivity index (χ0v) is 9.76. The molecule has 0 atom stereocenters. The van der Waals surface area contributed by atoms with Gasteiger partial charge in [-0.05, 0) is 24.3 Å². The number of nitrogens with one attached hydrogen (secondary N) is 1. The molecule has 4 heteroatoms. The zero-order chi connectivity index (χ0) is 11.2. The van der Waals surface area contributed by atoms with Gasteiger partial charge in [0.1, 0.15) is 12.1 Å². The van der Waals surface area contributed by atoms with Crippen molar-refractivity contribution in [2.75, 3.05) is 11.9 Å². The van der Waals surface area contributed by atoms with Crippen LogP contribution in [0.15, 0.2) is 17.8 Å². The lowest BCUT2D eigenvalue weighted by Crippen LogP contribution is -2.03. The minimum atomic E-state index is 0.847.